The number of pyridine rings is 1. The highest BCUT2D eigenvalue weighted by atomic mass is 19.1. The van der Waals surface area contributed by atoms with Gasteiger partial charge in [0.2, 0.25) is 0 Å². The number of aromatic nitrogens is 1. The van der Waals surface area contributed by atoms with Crippen molar-refractivity contribution in [1.82, 2.24) is 4.57 Å². The van der Waals surface area contributed by atoms with Gasteiger partial charge in [0, 0.05) is 11.8 Å². The van der Waals surface area contributed by atoms with Crippen LogP contribution in [-0.2, 0) is 6.54 Å². The molecule has 2 rings (SSSR count). The number of ketones is 1. The molecule has 3 nitrogen and oxygen atoms in total. The summed E-state index contributed by atoms with van der Waals surface area (Å²) >= 11 is 0. The Hall–Kier alpha value is -2.30. The molecule has 0 bridgehead atoms. The molecule has 0 atom stereocenters. The van der Waals surface area contributed by atoms with Crippen LogP contribution in [0, 0.1) is 18.6 Å². The molecule has 0 saturated heterocycles. The van der Waals surface area contributed by atoms with Gasteiger partial charge in [-0.05, 0) is 31.2 Å². The lowest BCUT2D eigenvalue weighted by Crippen LogP contribution is -2.25. The summed E-state index contributed by atoms with van der Waals surface area (Å²) in [6.45, 7) is 1.35. The van der Waals surface area contributed by atoms with Crippen molar-refractivity contribution in [3.8, 4) is 0 Å². The van der Waals surface area contributed by atoms with Crippen LogP contribution >= 0.6 is 0 Å². The van der Waals surface area contributed by atoms with Crippen LogP contribution in [0.25, 0.3) is 0 Å². The molecule has 1 heterocycles. The van der Waals surface area contributed by atoms with E-state index < -0.39 is 17.4 Å². The van der Waals surface area contributed by atoms with Gasteiger partial charge < -0.3 is 4.57 Å². The first kappa shape index (κ1) is 13.1. The lowest BCUT2D eigenvalue weighted by atomic mass is 10.1. The maximum atomic E-state index is 13.4. The van der Waals surface area contributed by atoms with Crippen LogP contribution in [0.3, 0.4) is 0 Å². The maximum Gasteiger partial charge on any atom is 0.251 e. The molecule has 0 spiro atoms. The first-order valence-electron chi connectivity index (χ1n) is 5.64. The predicted octanol–water partition coefficient (Wildman–Crippen LogP) is 2.32. The predicted molar refractivity (Wildman–Crippen MR) is 66.1 cm³/mol. The highest BCUT2D eigenvalue weighted by molar-refractivity contribution is 5.96. The van der Waals surface area contributed by atoms with Crippen molar-refractivity contribution < 1.29 is 13.6 Å². The largest absolute Gasteiger partial charge is 0.305 e. The monoisotopic (exact) mass is 263 g/mol. The van der Waals surface area contributed by atoms with Gasteiger partial charge >= 0.3 is 0 Å². The zero-order chi connectivity index (χ0) is 14.0. The van der Waals surface area contributed by atoms with E-state index in [-0.39, 0.29) is 17.7 Å². The van der Waals surface area contributed by atoms with Crippen LogP contribution in [0.2, 0.25) is 0 Å². The topological polar surface area (TPSA) is 39.1 Å². The Kier molecular flexibility index (Phi) is 3.55. The Bertz CT molecular complexity index is 692. The molecule has 0 unspecified atom stereocenters. The van der Waals surface area contributed by atoms with Crippen molar-refractivity contribution in [2.45, 2.75) is 13.5 Å². The standard InChI is InChI=1S/C14H11F2NO2/c1-9-3-2-4-14(19)17(9)8-13(18)11-7-10(15)5-6-12(11)16/h2-7H,8H2,1H3. The molecule has 0 aliphatic carbocycles. The van der Waals surface area contributed by atoms with Gasteiger partial charge in [0.25, 0.3) is 5.56 Å². The van der Waals surface area contributed by atoms with E-state index in [2.05, 4.69) is 0 Å². The minimum atomic E-state index is -0.798. The summed E-state index contributed by atoms with van der Waals surface area (Å²) in [6.07, 6.45) is 0. The molecule has 2 aromatic rings. The summed E-state index contributed by atoms with van der Waals surface area (Å²) in [5.74, 6) is -2.14. The molecule has 0 N–H and O–H groups in total. The van der Waals surface area contributed by atoms with Crippen molar-refractivity contribution in [1.29, 1.82) is 0 Å². The van der Waals surface area contributed by atoms with E-state index in [1.54, 1.807) is 19.1 Å². The second-order valence-electron chi connectivity index (χ2n) is 4.14. The lowest BCUT2D eigenvalue weighted by molar-refractivity contribution is 0.0965. The smallest absolute Gasteiger partial charge is 0.251 e. The molecule has 0 saturated carbocycles. The molecule has 0 amide bonds. The summed E-state index contributed by atoms with van der Waals surface area (Å²) in [4.78, 5) is 23.5. The molecule has 0 aliphatic rings. The average molecular weight is 263 g/mol. The number of hydrogen-bond acceptors (Lipinski definition) is 2. The second kappa shape index (κ2) is 5.14. The number of halogens is 2. The van der Waals surface area contributed by atoms with Gasteiger partial charge in [0.1, 0.15) is 11.6 Å². The third kappa shape index (κ3) is 2.76. The fraction of sp³-hybridized carbons (Fsp3) is 0.143. The number of hydrogen-bond donors (Lipinski definition) is 0. The highest BCUT2D eigenvalue weighted by Crippen LogP contribution is 2.11. The van der Waals surface area contributed by atoms with E-state index in [0.29, 0.717) is 5.69 Å². The molecule has 0 fully saturated rings. The van der Waals surface area contributed by atoms with E-state index in [1.165, 1.54) is 10.6 Å². The number of carbonyl (C=O) groups excluding carboxylic acids is 1. The Balaban J connectivity index is 2.36. The van der Waals surface area contributed by atoms with Gasteiger partial charge in [-0.1, -0.05) is 6.07 Å². The second-order valence-corrected chi connectivity index (χ2v) is 4.14. The molecular weight excluding hydrogens is 252 g/mol. The van der Waals surface area contributed by atoms with Crippen molar-refractivity contribution in [3.05, 3.63) is 69.6 Å². The van der Waals surface area contributed by atoms with Crippen molar-refractivity contribution in [3.63, 3.8) is 0 Å². The van der Waals surface area contributed by atoms with E-state index in [9.17, 15) is 18.4 Å². The van der Waals surface area contributed by atoms with Gasteiger partial charge in [-0.2, -0.15) is 0 Å². The molecule has 1 aromatic carbocycles. The third-order valence-corrected chi connectivity index (χ3v) is 2.80. The number of Topliss-reactive ketones (excluding diaryl/α,β-unsaturated/α-hetero) is 1. The van der Waals surface area contributed by atoms with E-state index in [0.717, 1.165) is 18.2 Å². The quantitative estimate of drug-likeness (QED) is 0.797. The van der Waals surface area contributed by atoms with Crippen molar-refractivity contribution >= 4 is 5.78 Å². The first-order chi connectivity index (χ1) is 8.99. The maximum absolute atomic E-state index is 13.4. The number of carbonyl (C=O) groups is 1. The SMILES string of the molecule is Cc1cccc(=O)n1CC(=O)c1cc(F)ccc1F. The number of aryl methyl sites for hydroxylation is 1. The molecule has 0 aliphatic heterocycles. The minimum absolute atomic E-state index is 0.314. The molecule has 19 heavy (non-hydrogen) atoms. The Morgan fingerprint density at radius 1 is 1.21 bits per heavy atom. The van der Waals surface area contributed by atoms with Crippen LogP contribution in [0.1, 0.15) is 16.1 Å². The zero-order valence-electron chi connectivity index (χ0n) is 10.2. The lowest BCUT2D eigenvalue weighted by Gasteiger charge is -2.09. The third-order valence-electron chi connectivity index (χ3n) is 2.80. The fourth-order valence-corrected chi connectivity index (χ4v) is 1.77. The van der Waals surface area contributed by atoms with Crippen LogP contribution < -0.4 is 5.56 Å². The Morgan fingerprint density at radius 3 is 2.63 bits per heavy atom. The minimum Gasteiger partial charge on any atom is -0.305 e. The summed E-state index contributed by atoms with van der Waals surface area (Å²) in [5.41, 5.74) is -0.127. The van der Waals surface area contributed by atoms with Crippen molar-refractivity contribution in [2.24, 2.45) is 0 Å². The van der Waals surface area contributed by atoms with Crippen LogP contribution in [0.15, 0.2) is 41.2 Å². The fourth-order valence-electron chi connectivity index (χ4n) is 1.77. The normalized spacial score (nSPS) is 10.5. The van der Waals surface area contributed by atoms with Gasteiger partial charge in [0.05, 0.1) is 12.1 Å². The van der Waals surface area contributed by atoms with Crippen LogP contribution in [0.4, 0.5) is 8.78 Å². The van der Waals surface area contributed by atoms with E-state index in [4.69, 9.17) is 0 Å². The molecular formula is C14H11F2NO2. The van der Waals surface area contributed by atoms with Crippen LogP contribution in [-0.4, -0.2) is 10.4 Å². The first-order valence-corrected chi connectivity index (χ1v) is 5.64. The Labute approximate surface area is 108 Å². The van der Waals surface area contributed by atoms with Crippen LogP contribution in [0.5, 0.6) is 0 Å². The van der Waals surface area contributed by atoms with Gasteiger partial charge in [-0.25, -0.2) is 8.78 Å². The molecule has 0 radical (unpaired) electrons. The number of nitrogens with zero attached hydrogens (tertiary/aromatic N) is 1. The van der Waals surface area contributed by atoms with E-state index >= 15 is 0 Å². The van der Waals surface area contributed by atoms with Crippen molar-refractivity contribution in [2.75, 3.05) is 0 Å². The summed E-state index contributed by atoms with van der Waals surface area (Å²) in [7, 11) is 0. The zero-order valence-corrected chi connectivity index (χ0v) is 10.2. The highest BCUT2D eigenvalue weighted by Gasteiger charge is 2.14. The van der Waals surface area contributed by atoms with E-state index in [1.807, 2.05) is 0 Å². The summed E-state index contributed by atoms with van der Waals surface area (Å²) in [6, 6.07) is 7.20. The Morgan fingerprint density at radius 2 is 1.95 bits per heavy atom. The summed E-state index contributed by atoms with van der Waals surface area (Å²) in [5, 5.41) is 0. The summed E-state index contributed by atoms with van der Waals surface area (Å²) < 4.78 is 27.7. The molecule has 98 valence electrons. The van der Waals surface area contributed by atoms with Gasteiger partial charge in [-0.3, -0.25) is 9.59 Å². The van der Waals surface area contributed by atoms with Gasteiger partial charge in [0.15, 0.2) is 5.78 Å². The molecule has 5 heteroatoms. The molecule has 1 aromatic heterocycles. The number of benzene rings is 1. The van der Waals surface area contributed by atoms with Gasteiger partial charge in [-0.15, -0.1) is 0 Å². The number of rotatable bonds is 3. The average Bonchev–Trinajstić information content (AvgIpc) is 2.37.